The molecular formula is C13H10BrF3N2O. The molecule has 0 saturated heterocycles. The molecule has 0 saturated carbocycles. The molecule has 7 heteroatoms. The number of aryl methyl sites for hydroxylation is 1. The Hall–Kier alpha value is -1.76. The molecule has 2 aromatic rings. The molecule has 0 atom stereocenters. The van der Waals surface area contributed by atoms with Gasteiger partial charge in [-0.15, -0.1) is 13.2 Å². The van der Waals surface area contributed by atoms with Gasteiger partial charge in [0.2, 0.25) is 0 Å². The van der Waals surface area contributed by atoms with Gasteiger partial charge >= 0.3 is 6.36 Å². The van der Waals surface area contributed by atoms with E-state index >= 15 is 0 Å². The topological polar surface area (TPSA) is 34.1 Å². The van der Waals surface area contributed by atoms with Gasteiger partial charge in [0.15, 0.2) is 5.75 Å². The Morgan fingerprint density at radius 3 is 2.60 bits per heavy atom. The number of hydrogen-bond donors (Lipinski definition) is 1. The molecule has 0 aliphatic carbocycles. The van der Waals surface area contributed by atoms with E-state index in [0.717, 1.165) is 10.0 Å². The van der Waals surface area contributed by atoms with Gasteiger partial charge in [0.1, 0.15) is 5.82 Å². The highest BCUT2D eigenvalue weighted by molar-refractivity contribution is 9.10. The number of nitrogens with one attached hydrogen (secondary N) is 1. The molecular weight excluding hydrogens is 337 g/mol. The van der Waals surface area contributed by atoms with E-state index in [9.17, 15) is 13.2 Å². The first kappa shape index (κ1) is 14.6. The van der Waals surface area contributed by atoms with E-state index in [0.29, 0.717) is 5.82 Å². The number of benzene rings is 1. The fraction of sp³-hybridized carbons (Fsp3) is 0.154. The highest BCUT2D eigenvalue weighted by Gasteiger charge is 2.32. The largest absolute Gasteiger partial charge is 0.573 e. The predicted octanol–water partition coefficient (Wildman–Crippen LogP) is 4.79. The summed E-state index contributed by atoms with van der Waals surface area (Å²) in [4.78, 5) is 4.08. The van der Waals surface area contributed by atoms with Crippen LogP contribution in [0.1, 0.15) is 5.56 Å². The lowest BCUT2D eigenvalue weighted by Gasteiger charge is -2.14. The third-order valence-electron chi connectivity index (χ3n) is 2.42. The zero-order valence-corrected chi connectivity index (χ0v) is 11.9. The molecule has 0 aliphatic heterocycles. The summed E-state index contributed by atoms with van der Waals surface area (Å²) in [5.41, 5.74) is 1.11. The Morgan fingerprint density at radius 2 is 1.95 bits per heavy atom. The maximum Gasteiger partial charge on any atom is 0.573 e. The van der Waals surface area contributed by atoms with Gasteiger partial charge < -0.3 is 10.1 Å². The predicted molar refractivity (Wildman–Crippen MR) is 73.1 cm³/mol. The summed E-state index contributed by atoms with van der Waals surface area (Å²) >= 11 is 3.31. The average Bonchev–Trinajstić information content (AvgIpc) is 2.34. The zero-order chi connectivity index (χ0) is 14.8. The van der Waals surface area contributed by atoms with Crippen molar-refractivity contribution in [3.05, 3.63) is 46.6 Å². The summed E-state index contributed by atoms with van der Waals surface area (Å²) in [6, 6.07) is 7.51. The van der Waals surface area contributed by atoms with Crippen LogP contribution in [0.3, 0.4) is 0 Å². The van der Waals surface area contributed by atoms with E-state index in [4.69, 9.17) is 0 Å². The van der Waals surface area contributed by atoms with E-state index < -0.39 is 6.36 Å². The highest BCUT2D eigenvalue weighted by Crippen LogP contribution is 2.32. The van der Waals surface area contributed by atoms with Crippen molar-refractivity contribution in [3.8, 4) is 5.75 Å². The number of para-hydroxylation sites is 2. The molecule has 20 heavy (non-hydrogen) atoms. The van der Waals surface area contributed by atoms with Gasteiger partial charge in [-0.2, -0.15) is 0 Å². The molecule has 0 spiro atoms. The number of rotatable bonds is 3. The second-order valence-electron chi connectivity index (χ2n) is 3.99. The first-order chi connectivity index (χ1) is 9.35. The van der Waals surface area contributed by atoms with Crippen LogP contribution in [0.25, 0.3) is 0 Å². The van der Waals surface area contributed by atoms with Crippen LogP contribution < -0.4 is 10.1 Å². The van der Waals surface area contributed by atoms with Gasteiger partial charge in [-0.3, -0.25) is 0 Å². The van der Waals surface area contributed by atoms with Crippen molar-refractivity contribution in [2.24, 2.45) is 0 Å². The molecule has 0 aliphatic rings. The van der Waals surface area contributed by atoms with E-state index in [1.807, 2.05) is 6.92 Å². The van der Waals surface area contributed by atoms with Crippen LogP contribution in [0, 0.1) is 6.92 Å². The fourth-order valence-corrected chi connectivity index (χ4v) is 1.75. The molecule has 1 N–H and O–H groups in total. The van der Waals surface area contributed by atoms with E-state index in [2.05, 4.69) is 31.0 Å². The zero-order valence-electron chi connectivity index (χ0n) is 10.3. The van der Waals surface area contributed by atoms with Crippen molar-refractivity contribution < 1.29 is 17.9 Å². The third-order valence-corrected chi connectivity index (χ3v) is 3.25. The molecule has 3 nitrogen and oxygen atoms in total. The maximum absolute atomic E-state index is 12.3. The third kappa shape index (κ3) is 3.86. The summed E-state index contributed by atoms with van der Waals surface area (Å²) in [6.45, 7) is 1.86. The molecule has 2 rings (SSSR count). The minimum atomic E-state index is -4.74. The minimum absolute atomic E-state index is 0.194. The Labute approximate surface area is 121 Å². The Bertz CT molecular complexity index is 617. The lowest BCUT2D eigenvalue weighted by molar-refractivity contribution is -0.274. The number of aromatic nitrogens is 1. The van der Waals surface area contributed by atoms with Gasteiger partial charge in [0.05, 0.1) is 5.69 Å². The standard InChI is InChI=1S/C13H10BrF3N2O/c1-8-6-12(18-7-9(8)14)19-10-4-2-3-5-11(10)20-13(15,16)17/h2-7H,1H3,(H,18,19). The van der Waals surface area contributed by atoms with Crippen LogP contribution in [0.15, 0.2) is 41.0 Å². The first-order valence-corrected chi connectivity index (χ1v) is 6.38. The SMILES string of the molecule is Cc1cc(Nc2ccccc2OC(F)(F)F)ncc1Br. The smallest absolute Gasteiger partial charge is 0.404 e. The number of halogens is 4. The molecule has 1 aromatic heterocycles. The van der Waals surface area contributed by atoms with Crippen molar-refractivity contribution in [3.63, 3.8) is 0 Å². The van der Waals surface area contributed by atoms with Crippen molar-refractivity contribution in [2.45, 2.75) is 13.3 Å². The Morgan fingerprint density at radius 1 is 1.25 bits per heavy atom. The number of alkyl halides is 3. The van der Waals surface area contributed by atoms with Crippen LogP contribution >= 0.6 is 15.9 Å². The van der Waals surface area contributed by atoms with Gasteiger partial charge in [0.25, 0.3) is 0 Å². The number of anilines is 2. The maximum atomic E-state index is 12.3. The molecule has 1 heterocycles. The number of ether oxygens (including phenoxy) is 1. The molecule has 0 amide bonds. The number of hydrogen-bond acceptors (Lipinski definition) is 3. The van der Waals surface area contributed by atoms with Crippen LogP contribution in [0.2, 0.25) is 0 Å². The van der Waals surface area contributed by atoms with Crippen LogP contribution in [-0.4, -0.2) is 11.3 Å². The Kier molecular flexibility index (Phi) is 4.17. The molecule has 106 valence electrons. The van der Waals surface area contributed by atoms with Crippen molar-refractivity contribution >= 4 is 27.4 Å². The summed E-state index contributed by atoms with van der Waals surface area (Å²) in [5.74, 6) is 0.131. The summed E-state index contributed by atoms with van der Waals surface area (Å²) in [7, 11) is 0. The van der Waals surface area contributed by atoms with Crippen molar-refractivity contribution in [2.75, 3.05) is 5.32 Å². The molecule has 1 aromatic carbocycles. The lowest BCUT2D eigenvalue weighted by Crippen LogP contribution is -2.17. The van der Waals surface area contributed by atoms with Crippen LogP contribution in [-0.2, 0) is 0 Å². The molecule has 0 fully saturated rings. The van der Waals surface area contributed by atoms with Crippen molar-refractivity contribution in [1.29, 1.82) is 0 Å². The number of nitrogens with zero attached hydrogens (tertiary/aromatic N) is 1. The normalized spacial score (nSPS) is 11.2. The van der Waals surface area contributed by atoms with Gasteiger partial charge in [-0.05, 0) is 46.6 Å². The monoisotopic (exact) mass is 346 g/mol. The first-order valence-electron chi connectivity index (χ1n) is 5.59. The fourth-order valence-electron chi connectivity index (χ4n) is 1.53. The molecule has 0 bridgehead atoms. The van der Waals surface area contributed by atoms with Crippen LogP contribution in [0.4, 0.5) is 24.7 Å². The quantitative estimate of drug-likeness (QED) is 0.867. The minimum Gasteiger partial charge on any atom is -0.404 e. The lowest BCUT2D eigenvalue weighted by atomic mass is 10.2. The van der Waals surface area contributed by atoms with E-state index in [1.165, 1.54) is 18.2 Å². The van der Waals surface area contributed by atoms with Gasteiger partial charge in [-0.25, -0.2) is 4.98 Å². The average molecular weight is 347 g/mol. The van der Waals surface area contributed by atoms with Crippen molar-refractivity contribution in [1.82, 2.24) is 4.98 Å². The summed E-state index contributed by atoms with van der Waals surface area (Å²) in [6.07, 6.45) is -3.16. The highest BCUT2D eigenvalue weighted by atomic mass is 79.9. The van der Waals surface area contributed by atoms with Gasteiger partial charge in [-0.1, -0.05) is 12.1 Å². The second kappa shape index (κ2) is 5.70. The van der Waals surface area contributed by atoms with Gasteiger partial charge in [0, 0.05) is 10.7 Å². The number of pyridine rings is 1. The van der Waals surface area contributed by atoms with E-state index in [1.54, 1.807) is 18.3 Å². The Balaban J connectivity index is 2.27. The molecule has 0 radical (unpaired) electrons. The summed E-state index contributed by atoms with van der Waals surface area (Å²) in [5, 5.41) is 2.81. The second-order valence-corrected chi connectivity index (χ2v) is 4.84. The summed E-state index contributed by atoms with van der Waals surface area (Å²) < 4.78 is 41.7. The van der Waals surface area contributed by atoms with E-state index in [-0.39, 0.29) is 11.4 Å². The molecule has 0 unspecified atom stereocenters. The van der Waals surface area contributed by atoms with Crippen LogP contribution in [0.5, 0.6) is 5.75 Å².